The summed E-state index contributed by atoms with van der Waals surface area (Å²) in [5.74, 6) is 1.19. The van der Waals surface area contributed by atoms with E-state index >= 15 is 0 Å². The zero-order valence-electron chi connectivity index (χ0n) is 17.6. The van der Waals surface area contributed by atoms with Gasteiger partial charge in [-0.05, 0) is 35.9 Å². The van der Waals surface area contributed by atoms with Gasteiger partial charge in [-0.15, -0.1) is 0 Å². The molecular weight excluding hydrogens is 398 g/mol. The highest BCUT2D eigenvalue weighted by Crippen LogP contribution is 2.34. The fraction of sp³-hybridized carbons (Fsp3) is 0.391. The van der Waals surface area contributed by atoms with Gasteiger partial charge in [0, 0.05) is 31.9 Å². The number of anilines is 2. The van der Waals surface area contributed by atoms with Crippen molar-refractivity contribution >= 4 is 23.2 Å². The Kier molecular flexibility index (Phi) is 6.69. The number of ether oxygens (including phenoxy) is 3. The van der Waals surface area contributed by atoms with Crippen molar-refractivity contribution in [1.29, 1.82) is 0 Å². The Morgan fingerprint density at radius 2 is 1.87 bits per heavy atom. The first-order chi connectivity index (χ1) is 15.1. The molecule has 0 saturated carbocycles. The number of methoxy groups -OCH3 is 1. The minimum absolute atomic E-state index is 0.0271. The summed E-state index contributed by atoms with van der Waals surface area (Å²) in [5.41, 5.74) is 2.21. The summed E-state index contributed by atoms with van der Waals surface area (Å²) in [4.78, 5) is 29.1. The Hall–Kier alpha value is -3.10. The van der Waals surface area contributed by atoms with Crippen LogP contribution in [0.25, 0.3) is 0 Å². The molecule has 0 unspecified atom stereocenters. The third-order valence-corrected chi connectivity index (χ3v) is 5.45. The summed E-state index contributed by atoms with van der Waals surface area (Å²) >= 11 is 0. The fourth-order valence-corrected chi connectivity index (χ4v) is 3.73. The molecule has 2 amide bonds. The Morgan fingerprint density at radius 1 is 1.10 bits per heavy atom. The molecule has 2 aliphatic heterocycles. The molecule has 1 fully saturated rings. The molecule has 0 radical (unpaired) electrons. The molecule has 2 heterocycles. The van der Waals surface area contributed by atoms with Gasteiger partial charge in [-0.1, -0.05) is 12.1 Å². The lowest BCUT2D eigenvalue weighted by atomic mass is 10.1. The number of hydrogen-bond donors (Lipinski definition) is 1. The lowest BCUT2D eigenvalue weighted by molar-refractivity contribution is -0.121. The smallest absolute Gasteiger partial charge is 0.265 e. The number of carbonyl (C=O) groups is 2. The second kappa shape index (κ2) is 9.80. The van der Waals surface area contributed by atoms with E-state index in [4.69, 9.17) is 14.2 Å². The van der Waals surface area contributed by atoms with Gasteiger partial charge in [-0.3, -0.25) is 14.5 Å². The number of morpholine rings is 1. The van der Waals surface area contributed by atoms with Crippen LogP contribution >= 0.6 is 0 Å². The van der Waals surface area contributed by atoms with Crippen LogP contribution in [0.15, 0.2) is 42.5 Å². The van der Waals surface area contributed by atoms with Crippen LogP contribution in [0.3, 0.4) is 0 Å². The van der Waals surface area contributed by atoms with Crippen LogP contribution in [0, 0.1) is 0 Å². The number of carbonyl (C=O) groups excluding carboxylic acids is 2. The molecule has 0 bridgehead atoms. The Labute approximate surface area is 181 Å². The van der Waals surface area contributed by atoms with Crippen molar-refractivity contribution in [2.75, 3.05) is 63.3 Å². The maximum atomic E-state index is 12.5. The highest BCUT2D eigenvalue weighted by Gasteiger charge is 2.26. The van der Waals surface area contributed by atoms with Crippen LogP contribution in [-0.4, -0.2) is 69.8 Å². The summed E-state index contributed by atoms with van der Waals surface area (Å²) in [6, 6.07) is 12.8. The van der Waals surface area contributed by atoms with E-state index in [-0.39, 0.29) is 24.8 Å². The Morgan fingerprint density at radius 3 is 2.61 bits per heavy atom. The molecule has 0 spiro atoms. The topological polar surface area (TPSA) is 80.3 Å². The second-order valence-corrected chi connectivity index (χ2v) is 7.54. The van der Waals surface area contributed by atoms with Gasteiger partial charge < -0.3 is 24.4 Å². The number of benzene rings is 2. The lowest BCUT2D eigenvalue weighted by Crippen LogP contribution is -2.45. The van der Waals surface area contributed by atoms with Crippen LogP contribution in [0.2, 0.25) is 0 Å². The number of amides is 2. The van der Waals surface area contributed by atoms with Crippen molar-refractivity contribution in [3.05, 3.63) is 48.0 Å². The molecule has 8 nitrogen and oxygen atoms in total. The highest BCUT2D eigenvalue weighted by atomic mass is 16.5. The molecule has 1 N–H and O–H groups in total. The van der Waals surface area contributed by atoms with Gasteiger partial charge in [0.1, 0.15) is 11.5 Å². The maximum absolute atomic E-state index is 12.5. The van der Waals surface area contributed by atoms with Crippen molar-refractivity contribution in [2.45, 2.75) is 6.42 Å². The molecular formula is C23H27N3O5. The van der Waals surface area contributed by atoms with Crippen LogP contribution in [-0.2, 0) is 20.7 Å². The van der Waals surface area contributed by atoms with Crippen LogP contribution in [0.4, 0.5) is 11.4 Å². The molecule has 0 aliphatic carbocycles. The number of hydrogen-bond acceptors (Lipinski definition) is 6. The Balaban J connectivity index is 1.42. The average Bonchev–Trinajstić information content (AvgIpc) is 2.79. The third kappa shape index (κ3) is 5.34. The lowest BCUT2D eigenvalue weighted by Gasteiger charge is -2.33. The van der Waals surface area contributed by atoms with Crippen molar-refractivity contribution in [2.24, 2.45) is 0 Å². The van der Waals surface area contributed by atoms with Gasteiger partial charge in [0.25, 0.3) is 5.91 Å². The maximum Gasteiger partial charge on any atom is 0.265 e. The molecule has 2 aliphatic rings. The predicted octanol–water partition coefficient (Wildman–Crippen LogP) is 1.93. The van der Waals surface area contributed by atoms with Gasteiger partial charge >= 0.3 is 0 Å². The van der Waals surface area contributed by atoms with Crippen LogP contribution < -0.4 is 19.7 Å². The number of nitrogens with zero attached hydrogens (tertiary/aromatic N) is 2. The monoisotopic (exact) mass is 425 g/mol. The minimum Gasteiger partial charge on any atom is -0.497 e. The van der Waals surface area contributed by atoms with E-state index in [0.29, 0.717) is 23.7 Å². The standard InChI is InChI=1S/C23H27N3O5/c1-29-19-5-2-17(3-6-19)14-22(27)24-18-4-7-21-20(15-18)26(23(28)16-31-21)9-8-25-10-12-30-13-11-25/h2-7,15H,8-14,16H2,1H3,(H,24,27). The van der Waals surface area contributed by atoms with Crippen molar-refractivity contribution in [3.63, 3.8) is 0 Å². The third-order valence-electron chi connectivity index (χ3n) is 5.45. The molecule has 0 atom stereocenters. The van der Waals surface area contributed by atoms with Crippen LogP contribution in [0.1, 0.15) is 5.56 Å². The second-order valence-electron chi connectivity index (χ2n) is 7.54. The summed E-state index contributed by atoms with van der Waals surface area (Å²) in [6.07, 6.45) is 0.247. The predicted molar refractivity (Wildman–Crippen MR) is 117 cm³/mol. The van der Waals surface area contributed by atoms with E-state index in [1.807, 2.05) is 24.3 Å². The van der Waals surface area contributed by atoms with Gasteiger partial charge in [0.15, 0.2) is 6.61 Å². The van der Waals surface area contributed by atoms with E-state index in [9.17, 15) is 9.59 Å². The largest absolute Gasteiger partial charge is 0.497 e. The number of fused-ring (bicyclic) bond motifs is 1. The molecule has 0 aromatic heterocycles. The SMILES string of the molecule is COc1ccc(CC(=O)Nc2ccc3c(c2)N(CCN2CCOCC2)C(=O)CO3)cc1. The van der Waals surface area contributed by atoms with E-state index in [1.54, 1.807) is 30.2 Å². The first kappa shape index (κ1) is 21.1. The van der Waals surface area contributed by atoms with E-state index < -0.39 is 0 Å². The number of rotatable bonds is 7. The molecule has 2 aromatic carbocycles. The van der Waals surface area contributed by atoms with Crippen LogP contribution in [0.5, 0.6) is 11.5 Å². The zero-order chi connectivity index (χ0) is 21.6. The van der Waals surface area contributed by atoms with Crippen molar-refractivity contribution < 1.29 is 23.8 Å². The van der Waals surface area contributed by atoms with Crippen molar-refractivity contribution in [1.82, 2.24) is 4.90 Å². The van der Waals surface area contributed by atoms with Gasteiger partial charge in [-0.25, -0.2) is 0 Å². The van der Waals surface area contributed by atoms with E-state index in [1.165, 1.54) is 0 Å². The fourth-order valence-electron chi connectivity index (χ4n) is 3.73. The normalized spacial score (nSPS) is 16.4. The quantitative estimate of drug-likeness (QED) is 0.730. The average molecular weight is 425 g/mol. The van der Waals surface area contributed by atoms with E-state index in [0.717, 1.165) is 44.2 Å². The zero-order valence-corrected chi connectivity index (χ0v) is 17.6. The van der Waals surface area contributed by atoms with Gasteiger partial charge in [-0.2, -0.15) is 0 Å². The molecule has 31 heavy (non-hydrogen) atoms. The summed E-state index contributed by atoms with van der Waals surface area (Å²) < 4.78 is 16.1. The molecule has 1 saturated heterocycles. The van der Waals surface area contributed by atoms with Gasteiger partial charge in [0.2, 0.25) is 5.91 Å². The first-order valence-electron chi connectivity index (χ1n) is 10.4. The number of nitrogens with one attached hydrogen (secondary N) is 1. The molecule has 8 heteroatoms. The summed E-state index contributed by atoms with van der Waals surface area (Å²) in [5, 5.41) is 2.92. The molecule has 4 rings (SSSR count). The molecule has 2 aromatic rings. The van der Waals surface area contributed by atoms with E-state index in [2.05, 4.69) is 10.2 Å². The van der Waals surface area contributed by atoms with Gasteiger partial charge in [0.05, 0.1) is 32.4 Å². The summed E-state index contributed by atoms with van der Waals surface area (Å²) in [6.45, 7) is 4.54. The van der Waals surface area contributed by atoms with Crippen molar-refractivity contribution in [3.8, 4) is 11.5 Å². The minimum atomic E-state index is -0.131. The first-order valence-corrected chi connectivity index (χ1v) is 10.4. The Bertz CT molecular complexity index is 925. The molecule has 164 valence electrons. The summed E-state index contributed by atoms with van der Waals surface area (Å²) in [7, 11) is 1.61. The highest BCUT2D eigenvalue weighted by molar-refractivity contribution is 5.99.